The van der Waals surface area contributed by atoms with Crippen molar-refractivity contribution < 1.29 is 32.2 Å². The molecule has 0 aromatic carbocycles. The molecule has 6 heterocycles. The number of anilines is 2. The van der Waals surface area contributed by atoms with E-state index >= 15 is 0 Å². The topological polar surface area (TPSA) is 90.2 Å². The number of allylic oxidation sites excluding steroid dienone is 1. The summed E-state index contributed by atoms with van der Waals surface area (Å²) in [5.41, 5.74) is 0.489. The second-order valence-corrected chi connectivity index (χ2v) is 9.78. The van der Waals surface area contributed by atoms with E-state index in [4.69, 9.17) is 14.2 Å². The van der Waals surface area contributed by atoms with Crippen LogP contribution in [0, 0.1) is 6.92 Å². The Bertz CT molecular complexity index is 1490. The monoisotopic (exact) mass is 527 g/mol. The highest BCUT2D eigenvalue weighted by molar-refractivity contribution is 5.98. The predicted octanol–water partition coefficient (Wildman–Crippen LogP) is 4.55. The number of alkyl halides is 3. The molecule has 3 aliphatic heterocycles. The predicted molar refractivity (Wildman–Crippen MR) is 130 cm³/mol. The Balaban J connectivity index is 1.47. The third-order valence-electron chi connectivity index (χ3n) is 6.56. The number of fused-ring (bicyclic) bond motifs is 2. The molecule has 38 heavy (non-hydrogen) atoms. The van der Waals surface area contributed by atoms with Crippen LogP contribution in [0.15, 0.2) is 66.4 Å². The summed E-state index contributed by atoms with van der Waals surface area (Å²) < 4.78 is 61.0. The first-order valence-electron chi connectivity index (χ1n) is 12.0. The molecule has 2 fully saturated rings. The fraction of sp³-hybridized carbons (Fsp3) is 0.346. The van der Waals surface area contributed by atoms with E-state index in [0.29, 0.717) is 17.9 Å². The Labute approximate surface area is 215 Å². The van der Waals surface area contributed by atoms with Gasteiger partial charge in [0.25, 0.3) is 5.91 Å². The summed E-state index contributed by atoms with van der Waals surface area (Å²) in [7, 11) is 0. The molecule has 1 amide bonds. The van der Waals surface area contributed by atoms with Crippen molar-refractivity contribution in [2.24, 2.45) is 0 Å². The van der Waals surface area contributed by atoms with Crippen LogP contribution >= 0.6 is 0 Å². The Morgan fingerprint density at radius 3 is 2.74 bits per heavy atom. The van der Waals surface area contributed by atoms with Gasteiger partial charge in [-0.1, -0.05) is 0 Å². The van der Waals surface area contributed by atoms with Gasteiger partial charge in [-0.3, -0.25) is 4.79 Å². The summed E-state index contributed by atoms with van der Waals surface area (Å²) in [5.74, 6) is -0.943. The molecule has 3 aliphatic rings. The number of rotatable bonds is 3. The summed E-state index contributed by atoms with van der Waals surface area (Å²) in [6.07, 6.45) is -0.885. The Morgan fingerprint density at radius 2 is 2.00 bits per heavy atom. The van der Waals surface area contributed by atoms with Gasteiger partial charge in [-0.2, -0.15) is 18.3 Å². The summed E-state index contributed by atoms with van der Waals surface area (Å²) >= 11 is 0. The fourth-order valence-electron chi connectivity index (χ4n) is 5.12. The van der Waals surface area contributed by atoms with Crippen molar-refractivity contribution in [3.05, 3.63) is 77.6 Å². The third-order valence-corrected chi connectivity index (χ3v) is 6.56. The molecule has 0 radical (unpaired) electrons. The van der Waals surface area contributed by atoms with E-state index in [0.717, 1.165) is 17.6 Å². The van der Waals surface area contributed by atoms with Gasteiger partial charge in [-0.25, -0.2) is 9.50 Å². The summed E-state index contributed by atoms with van der Waals surface area (Å²) in [6.45, 7) is 4.90. The van der Waals surface area contributed by atoms with Gasteiger partial charge in [0.05, 0.1) is 23.0 Å². The van der Waals surface area contributed by atoms with Crippen LogP contribution in [0.5, 0.6) is 0 Å². The molecule has 198 valence electrons. The zero-order valence-corrected chi connectivity index (χ0v) is 20.7. The second-order valence-electron chi connectivity index (χ2n) is 9.78. The maximum atomic E-state index is 13.9. The number of nitrogens with zero attached hydrogens (tertiary/aromatic N) is 4. The molecular weight excluding hydrogens is 503 g/mol. The van der Waals surface area contributed by atoms with E-state index < -0.39 is 41.7 Å². The molecule has 0 unspecified atom stereocenters. The molecule has 3 aromatic heterocycles. The lowest BCUT2D eigenvalue weighted by molar-refractivity contribution is -0.150. The normalized spacial score (nSPS) is 26.2. The summed E-state index contributed by atoms with van der Waals surface area (Å²) in [5, 5.41) is 7.20. The first kappa shape index (κ1) is 24.4. The van der Waals surface area contributed by atoms with Crippen LogP contribution < -0.4 is 10.2 Å². The highest BCUT2D eigenvalue weighted by Crippen LogP contribution is 2.47. The molecule has 0 spiro atoms. The van der Waals surface area contributed by atoms with Gasteiger partial charge < -0.3 is 24.4 Å². The average Bonchev–Trinajstić information content (AvgIpc) is 3.60. The van der Waals surface area contributed by atoms with Gasteiger partial charge >= 0.3 is 6.18 Å². The molecule has 1 N–H and O–H groups in total. The number of pyridine rings is 1. The Kier molecular flexibility index (Phi) is 5.51. The molecule has 2 saturated heterocycles. The van der Waals surface area contributed by atoms with E-state index in [9.17, 15) is 18.0 Å². The number of carbonyl (C=O) groups excluding carboxylic acids is 1. The van der Waals surface area contributed by atoms with Crippen LogP contribution in [-0.2, 0) is 25.2 Å². The van der Waals surface area contributed by atoms with Gasteiger partial charge in [-0.15, -0.1) is 0 Å². The maximum absolute atomic E-state index is 13.9. The number of ether oxygens (including phenoxy) is 3. The molecular formula is C26H24F3N5O4. The number of nitrogens with one attached hydrogen (secondary N) is 1. The third kappa shape index (κ3) is 4.19. The molecule has 9 nitrogen and oxygen atoms in total. The van der Waals surface area contributed by atoms with Crippen molar-refractivity contribution in [3.63, 3.8) is 0 Å². The van der Waals surface area contributed by atoms with Crippen molar-refractivity contribution >= 4 is 23.1 Å². The van der Waals surface area contributed by atoms with E-state index in [1.807, 2.05) is 12.1 Å². The maximum Gasteiger partial charge on any atom is 0.416 e. The Hall–Kier alpha value is -3.90. The summed E-state index contributed by atoms with van der Waals surface area (Å²) in [4.78, 5) is 19.7. The standard InChI is InChI=1S/C26H24F3N5O4/c1-14-12-15(26(27,28)29)13-19(30-14)34-20(17-7-5-11-36-17)22-23(38-25(2,3)37-22)21(34)24(35)31-18-9-8-16-6-4-10-33(16)32-18/h4-6,8-13,21-23H,7H2,1-3H3,(H,31,32,35)/t21-,22-,23-/m0/s1. The first-order chi connectivity index (χ1) is 18.0. The lowest BCUT2D eigenvalue weighted by Crippen LogP contribution is -2.47. The highest BCUT2D eigenvalue weighted by Gasteiger charge is 2.60. The quantitative estimate of drug-likeness (QED) is 0.535. The first-order valence-corrected chi connectivity index (χ1v) is 12.0. The van der Waals surface area contributed by atoms with Gasteiger partial charge in [0.1, 0.15) is 29.8 Å². The van der Waals surface area contributed by atoms with Crippen LogP contribution in [0.4, 0.5) is 24.8 Å². The zero-order chi connectivity index (χ0) is 26.8. The number of hydrogen-bond donors (Lipinski definition) is 1. The number of carbonyl (C=O) groups is 1. The lowest BCUT2D eigenvalue weighted by atomic mass is 10.1. The number of hydrogen-bond acceptors (Lipinski definition) is 7. The van der Waals surface area contributed by atoms with Gasteiger partial charge in [0.2, 0.25) is 0 Å². The fourth-order valence-corrected chi connectivity index (χ4v) is 5.12. The lowest BCUT2D eigenvalue weighted by Gasteiger charge is -2.31. The largest absolute Gasteiger partial charge is 0.467 e. The smallest absolute Gasteiger partial charge is 0.416 e. The number of aromatic nitrogens is 3. The average molecular weight is 528 g/mol. The molecule has 3 aromatic rings. The molecule has 0 bridgehead atoms. The Morgan fingerprint density at radius 1 is 1.18 bits per heavy atom. The van der Waals surface area contributed by atoms with Gasteiger partial charge in [0, 0.05) is 18.3 Å². The molecule has 12 heteroatoms. The van der Waals surface area contributed by atoms with Gasteiger partial charge in [0.15, 0.2) is 11.6 Å². The van der Waals surface area contributed by atoms with Crippen LogP contribution in [0.1, 0.15) is 31.5 Å². The minimum atomic E-state index is -4.61. The van der Waals surface area contributed by atoms with E-state index in [2.05, 4.69) is 15.4 Å². The van der Waals surface area contributed by atoms with Crippen molar-refractivity contribution in [2.75, 3.05) is 10.2 Å². The van der Waals surface area contributed by atoms with Crippen molar-refractivity contribution in [1.82, 2.24) is 14.6 Å². The molecule has 3 atom stereocenters. The van der Waals surface area contributed by atoms with Crippen molar-refractivity contribution in [3.8, 4) is 0 Å². The minimum absolute atomic E-state index is 0.0660. The highest BCUT2D eigenvalue weighted by atomic mass is 19.4. The van der Waals surface area contributed by atoms with Crippen LogP contribution in [0.3, 0.4) is 0 Å². The molecule has 0 aliphatic carbocycles. The minimum Gasteiger partial charge on any atom is -0.467 e. The zero-order valence-electron chi connectivity index (χ0n) is 20.7. The number of aryl methyl sites for hydroxylation is 1. The number of amides is 1. The molecule has 0 saturated carbocycles. The second kappa shape index (κ2) is 8.57. The number of halogens is 3. The van der Waals surface area contributed by atoms with Gasteiger partial charge in [-0.05, 0) is 63.2 Å². The molecule has 6 rings (SSSR count). The summed E-state index contributed by atoms with van der Waals surface area (Å²) in [6, 6.07) is 7.87. The van der Waals surface area contributed by atoms with Crippen LogP contribution in [0.2, 0.25) is 0 Å². The van der Waals surface area contributed by atoms with Crippen molar-refractivity contribution in [1.29, 1.82) is 0 Å². The van der Waals surface area contributed by atoms with E-state index in [1.54, 1.807) is 42.8 Å². The van der Waals surface area contributed by atoms with Crippen LogP contribution in [-0.4, -0.2) is 44.5 Å². The SMILES string of the molecule is Cc1cc(C(F)(F)F)cc(N2C(=C3CC=CO3)[C@@H]3OC(C)(C)O[C@H]3[C@H]2C(=O)Nc2ccc3cccn3n2)n1. The van der Waals surface area contributed by atoms with E-state index in [-0.39, 0.29) is 17.3 Å². The van der Waals surface area contributed by atoms with E-state index in [1.165, 1.54) is 18.1 Å². The van der Waals surface area contributed by atoms with Crippen LogP contribution in [0.25, 0.3) is 5.52 Å². The van der Waals surface area contributed by atoms with Crippen molar-refractivity contribution in [2.45, 2.75) is 57.4 Å².